The molecular weight excluding hydrogens is 278 g/mol. The van der Waals surface area contributed by atoms with Gasteiger partial charge in [-0.3, -0.25) is 4.79 Å². The molecule has 4 nitrogen and oxygen atoms in total. The third-order valence-electron chi connectivity index (χ3n) is 4.61. The summed E-state index contributed by atoms with van der Waals surface area (Å²) >= 11 is 0. The molecule has 1 fully saturated rings. The SMILES string of the molecule is CCO[C@H]1COCC[C@@H]1NC(=O)c1ccc2c(c1)CCCC2. The van der Waals surface area contributed by atoms with E-state index in [2.05, 4.69) is 17.4 Å². The number of amides is 1. The normalized spacial score (nSPS) is 24.6. The van der Waals surface area contributed by atoms with Gasteiger partial charge in [-0.25, -0.2) is 0 Å². The molecule has 22 heavy (non-hydrogen) atoms. The van der Waals surface area contributed by atoms with Crippen molar-refractivity contribution in [3.63, 3.8) is 0 Å². The van der Waals surface area contributed by atoms with E-state index in [1.165, 1.54) is 24.0 Å². The molecule has 0 radical (unpaired) electrons. The van der Waals surface area contributed by atoms with Gasteiger partial charge >= 0.3 is 0 Å². The van der Waals surface area contributed by atoms with Crippen LogP contribution in [0.1, 0.15) is 47.7 Å². The number of benzene rings is 1. The number of rotatable bonds is 4. The predicted molar refractivity (Wildman–Crippen MR) is 85.2 cm³/mol. The Morgan fingerprint density at radius 2 is 2.14 bits per heavy atom. The van der Waals surface area contributed by atoms with Crippen LogP contribution in [0.15, 0.2) is 18.2 Å². The monoisotopic (exact) mass is 303 g/mol. The molecule has 0 bridgehead atoms. The molecule has 4 heteroatoms. The van der Waals surface area contributed by atoms with Crippen LogP contribution in [0.5, 0.6) is 0 Å². The number of nitrogens with one attached hydrogen (secondary N) is 1. The van der Waals surface area contributed by atoms with E-state index >= 15 is 0 Å². The van der Waals surface area contributed by atoms with Gasteiger partial charge in [-0.2, -0.15) is 0 Å². The molecule has 2 aliphatic rings. The van der Waals surface area contributed by atoms with Crippen LogP contribution >= 0.6 is 0 Å². The van der Waals surface area contributed by atoms with Crippen LogP contribution in [0.3, 0.4) is 0 Å². The van der Waals surface area contributed by atoms with Crippen LogP contribution in [0.2, 0.25) is 0 Å². The van der Waals surface area contributed by atoms with E-state index in [-0.39, 0.29) is 18.1 Å². The molecule has 1 aliphatic heterocycles. The van der Waals surface area contributed by atoms with Gasteiger partial charge in [-0.1, -0.05) is 6.07 Å². The first-order chi connectivity index (χ1) is 10.8. The van der Waals surface area contributed by atoms with Crippen LogP contribution in [0.25, 0.3) is 0 Å². The van der Waals surface area contributed by atoms with Gasteiger partial charge in [0.15, 0.2) is 0 Å². The fourth-order valence-electron chi connectivity index (χ4n) is 3.38. The zero-order valence-electron chi connectivity index (χ0n) is 13.3. The first-order valence-corrected chi connectivity index (χ1v) is 8.40. The van der Waals surface area contributed by atoms with Gasteiger partial charge in [0.2, 0.25) is 0 Å². The van der Waals surface area contributed by atoms with Crippen molar-refractivity contribution in [2.45, 2.75) is 51.2 Å². The molecular formula is C18H25NO3. The van der Waals surface area contributed by atoms with Crippen molar-refractivity contribution in [2.75, 3.05) is 19.8 Å². The molecule has 1 aliphatic carbocycles. The minimum atomic E-state index is -0.0414. The zero-order chi connectivity index (χ0) is 15.4. The van der Waals surface area contributed by atoms with Crippen molar-refractivity contribution in [2.24, 2.45) is 0 Å². The number of ether oxygens (including phenoxy) is 2. The summed E-state index contributed by atoms with van der Waals surface area (Å²) in [5.74, 6) is 0.00461. The van der Waals surface area contributed by atoms with E-state index in [9.17, 15) is 4.79 Å². The highest BCUT2D eigenvalue weighted by Gasteiger charge is 2.28. The highest BCUT2D eigenvalue weighted by atomic mass is 16.5. The first-order valence-electron chi connectivity index (χ1n) is 8.40. The Kier molecular flexibility index (Phi) is 5.11. The third-order valence-corrected chi connectivity index (χ3v) is 4.61. The molecule has 2 atom stereocenters. The molecule has 1 saturated heterocycles. The van der Waals surface area contributed by atoms with Crippen molar-refractivity contribution < 1.29 is 14.3 Å². The smallest absolute Gasteiger partial charge is 0.251 e. The molecule has 0 unspecified atom stereocenters. The standard InChI is InChI=1S/C18H25NO3/c1-2-22-17-12-21-10-9-16(17)19-18(20)15-8-7-13-5-3-4-6-14(13)11-15/h7-8,11,16-17H,2-6,9-10,12H2,1H3,(H,19,20)/t16-,17-/m0/s1. The number of carbonyl (C=O) groups excluding carboxylic acids is 1. The number of aryl methyl sites for hydroxylation is 2. The summed E-state index contributed by atoms with van der Waals surface area (Å²) in [6, 6.07) is 6.18. The molecule has 1 aromatic carbocycles. The Morgan fingerprint density at radius 1 is 1.32 bits per heavy atom. The van der Waals surface area contributed by atoms with Gasteiger partial charge in [0.1, 0.15) is 6.10 Å². The quantitative estimate of drug-likeness (QED) is 0.929. The zero-order valence-corrected chi connectivity index (χ0v) is 13.3. The van der Waals surface area contributed by atoms with E-state index in [1.807, 2.05) is 13.0 Å². The van der Waals surface area contributed by atoms with Crippen molar-refractivity contribution in [1.82, 2.24) is 5.32 Å². The summed E-state index contributed by atoms with van der Waals surface area (Å²) in [5.41, 5.74) is 3.51. The summed E-state index contributed by atoms with van der Waals surface area (Å²) < 4.78 is 11.1. The van der Waals surface area contributed by atoms with Crippen molar-refractivity contribution in [3.05, 3.63) is 34.9 Å². The Balaban J connectivity index is 1.68. The predicted octanol–water partition coefficient (Wildman–Crippen LogP) is 2.49. The molecule has 1 N–H and O–H groups in total. The molecule has 0 spiro atoms. The summed E-state index contributed by atoms with van der Waals surface area (Å²) in [5, 5.41) is 3.13. The number of hydrogen-bond acceptors (Lipinski definition) is 3. The van der Waals surface area contributed by atoms with E-state index in [0.29, 0.717) is 19.8 Å². The molecule has 1 amide bonds. The second-order valence-corrected chi connectivity index (χ2v) is 6.13. The minimum absolute atomic E-state index is 0.00461. The fraction of sp³-hybridized carbons (Fsp3) is 0.611. The van der Waals surface area contributed by atoms with Gasteiger partial charge < -0.3 is 14.8 Å². The van der Waals surface area contributed by atoms with Gasteiger partial charge in [0.25, 0.3) is 5.91 Å². The van der Waals surface area contributed by atoms with E-state index in [0.717, 1.165) is 24.8 Å². The van der Waals surface area contributed by atoms with Gasteiger partial charge in [-0.15, -0.1) is 0 Å². The fourth-order valence-corrected chi connectivity index (χ4v) is 3.38. The Bertz CT molecular complexity index is 527. The molecule has 120 valence electrons. The maximum absolute atomic E-state index is 12.5. The second kappa shape index (κ2) is 7.25. The van der Waals surface area contributed by atoms with Crippen LogP contribution in [0, 0.1) is 0 Å². The van der Waals surface area contributed by atoms with E-state index in [1.54, 1.807) is 0 Å². The lowest BCUT2D eigenvalue weighted by Gasteiger charge is -2.31. The van der Waals surface area contributed by atoms with Crippen LogP contribution in [-0.4, -0.2) is 37.9 Å². The molecule has 0 saturated carbocycles. The number of fused-ring (bicyclic) bond motifs is 1. The lowest BCUT2D eigenvalue weighted by atomic mass is 9.90. The van der Waals surface area contributed by atoms with Crippen molar-refractivity contribution in [3.8, 4) is 0 Å². The summed E-state index contributed by atoms with van der Waals surface area (Å²) in [6.45, 7) is 3.85. The number of carbonyl (C=O) groups is 1. The van der Waals surface area contributed by atoms with Crippen LogP contribution in [0.4, 0.5) is 0 Å². The molecule has 1 aromatic rings. The lowest BCUT2D eigenvalue weighted by Crippen LogP contribution is -2.50. The average molecular weight is 303 g/mol. The third kappa shape index (κ3) is 3.50. The largest absolute Gasteiger partial charge is 0.379 e. The summed E-state index contributed by atoms with van der Waals surface area (Å²) in [6.07, 6.45) is 5.49. The summed E-state index contributed by atoms with van der Waals surface area (Å²) in [4.78, 5) is 12.5. The molecule has 3 rings (SSSR count). The number of hydrogen-bond donors (Lipinski definition) is 1. The average Bonchev–Trinajstić information content (AvgIpc) is 2.56. The van der Waals surface area contributed by atoms with Gasteiger partial charge in [0, 0.05) is 18.8 Å². The van der Waals surface area contributed by atoms with E-state index in [4.69, 9.17) is 9.47 Å². The summed E-state index contributed by atoms with van der Waals surface area (Å²) in [7, 11) is 0. The first kappa shape index (κ1) is 15.5. The van der Waals surface area contributed by atoms with Gasteiger partial charge in [0.05, 0.1) is 12.6 Å². The molecule has 0 aromatic heterocycles. The van der Waals surface area contributed by atoms with Crippen LogP contribution in [-0.2, 0) is 22.3 Å². The lowest BCUT2D eigenvalue weighted by molar-refractivity contribution is -0.0632. The Hall–Kier alpha value is -1.39. The Morgan fingerprint density at radius 3 is 2.95 bits per heavy atom. The van der Waals surface area contributed by atoms with Crippen molar-refractivity contribution in [1.29, 1.82) is 0 Å². The second-order valence-electron chi connectivity index (χ2n) is 6.13. The highest BCUT2D eigenvalue weighted by Crippen LogP contribution is 2.22. The topological polar surface area (TPSA) is 47.6 Å². The van der Waals surface area contributed by atoms with Crippen LogP contribution < -0.4 is 5.32 Å². The highest BCUT2D eigenvalue weighted by molar-refractivity contribution is 5.94. The van der Waals surface area contributed by atoms with E-state index < -0.39 is 0 Å². The Labute approximate surface area is 132 Å². The maximum Gasteiger partial charge on any atom is 0.251 e. The molecule has 1 heterocycles. The van der Waals surface area contributed by atoms with Crippen molar-refractivity contribution >= 4 is 5.91 Å². The van der Waals surface area contributed by atoms with Gasteiger partial charge in [-0.05, 0) is 62.3 Å². The maximum atomic E-state index is 12.5. The minimum Gasteiger partial charge on any atom is -0.379 e.